The minimum atomic E-state index is 0.701. The summed E-state index contributed by atoms with van der Waals surface area (Å²) in [7, 11) is 0. The number of halogens is 1. The Morgan fingerprint density at radius 3 is 2.54 bits per heavy atom. The third kappa shape index (κ3) is 4.28. The molecule has 0 fully saturated rings. The van der Waals surface area contributed by atoms with Gasteiger partial charge in [0, 0.05) is 17.3 Å². The van der Waals surface area contributed by atoms with Crippen molar-refractivity contribution in [1.29, 1.82) is 0 Å². The van der Waals surface area contributed by atoms with Gasteiger partial charge < -0.3 is 9.88 Å². The largest absolute Gasteiger partial charge is 0.382 e. The average molecular weight is 368 g/mol. The van der Waals surface area contributed by atoms with Crippen LogP contribution in [0, 0.1) is 0 Å². The first kappa shape index (κ1) is 18.5. The molecule has 0 aliphatic carbocycles. The fraction of sp³-hybridized carbons (Fsp3) is 0.318. The molecular weight excluding hydrogens is 342 g/mol. The first-order valence-corrected chi connectivity index (χ1v) is 9.60. The van der Waals surface area contributed by atoms with Gasteiger partial charge in [-0.15, -0.1) is 0 Å². The van der Waals surface area contributed by atoms with Crippen molar-refractivity contribution in [2.45, 2.75) is 46.2 Å². The molecule has 3 nitrogen and oxygen atoms in total. The van der Waals surface area contributed by atoms with Gasteiger partial charge in [-0.05, 0) is 48.7 Å². The Hall–Kier alpha value is -2.26. The third-order valence-electron chi connectivity index (χ3n) is 4.54. The summed E-state index contributed by atoms with van der Waals surface area (Å²) in [5.74, 6) is 1.06. The first-order valence-electron chi connectivity index (χ1n) is 9.23. The van der Waals surface area contributed by atoms with Gasteiger partial charge in [-0.3, -0.25) is 0 Å². The Kier molecular flexibility index (Phi) is 6.00. The Bertz CT molecular complexity index is 894. The van der Waals surface area contributed by atoms with Gasteiger partial charge in [0.25, 0.3) is 0 Å². The van der Waals surface area contributed by atoms with Gasteiger partial charge in [-0.1, -0.05) is 56.1 Å². The molecule has 1 heterocycles. The normalized spacial score (nSPS) is 11.0. The van der Waals surface area contributed by atoms with E-state index in [0.29, 0.717) is 6.54 Å². The SMILES string of the molecule is C=C(C)NCc1nc2ccc(-c3ccc(Cl)cc3)cc2n1CCCCC. The van der Waals surface area contributed by atoms with Gasteiger partial charge in [0.1, 0.15) is 5.82 Å². The van der Waals surface area contributed by atoms with Crippen LogP contribution in [0.3, 0.4) is 0 Å². The average Bonchev–Trinajstić information content (AvgIpc) is 2.98. The monoisotopic (exact) mass is 367 g/mol. The Morgan fingerprint density at radius 1 is 1.12 bits per heavy atom. The number of aromatic nitrogens is 2. The highest BCUT2D eigenvalue weighted by molar-refractivity contribution is 6.30. The van der Waals surface area contributed by atoms with Crippen molar-refractivity contribution >= 4 is 22.6 Å². The van der Waals surface area contributed by atoms with Crippen molar-refractivity contribution in [3.05, 3.63) is 65.6 Å². The second-order valence-corrected chi connectivity index (χ2v) is 7.17. The number of rotatable bonds is 8. The van der Waals surface area contributed by atoms with Crippen molar-refractivity contribution in [1.82, 2.24) is 14.9 Å². The lowest BCUT2D eigenvalue weighted by Crippen LogP contribution is -2.15. The summed E-state index contributed by atoms with van der Waals surface area (Å²) in [6, 6.07) is 14.5. The molecule has 3 rings (SSSR count). The van der Waals surface area contributed by atoms with Crippen LogP contribution in [0.1, 0.15) is 38.9 Å². The van der Waals surface area contributed by atoms with E-state index in [0.717, 1.165) is 35.0 Å². The highest BCUT2D eigenvalue weighted by Gasteiger charge is 2.12. The molecule has 0 bridgehead atoms. The molecule has 1 N–H and O–H groups in total. The second kappa shape index (κ2) is 8.41. The molecular formula is C22H26ClN3. The maximum Gasteiger partial charge on any atom is 0.129 e. The number of aryl methyl sites for hydroxylation is 1. The summed E-state index contributed by atoms with van der Waals surface area (Å²) in [5.41, 5.74) is 5.54. The molecule has 0 aliphatic heterocycles. The lowest BCUT2D eigenvalue weighted by atomic mass is 10.1. The van der Waals surface area contributed by atoms with Crippen LogP contribution in [0.2, 0.25) is 5.02 Å². The summed E-state index contributed by atoms with van der Waals surface area (Å²) < 4.78 is 2.35. The Morgan fingerprint density at radius 2 is 1.85 bits per heavy atom. The van der Waals surface area contributed by atoms with Gasteiger partial charge in [0.05, 0.1) is 17.6 Å². The number of unbranched alkanes of at least 4 members (excludes halogenated alkanes) is 2. The summed E-state index contributed by atoms with van der Waals surface area (Å²) in [5, 5.41) is 4.07. The fourth-order valence-electron chi connectivity index (χ4n) is 3.13. The van der Waals surface area contributed by atoms with Gasteiger partial charge in [-0.25, -0.2) is 4.98 Å². The molecule has 0 saturated carbocycles. The number of benzene rings is 2. The van der Waals surface area contributed by atoms with E-state index in [2.05, 4.69) is 53.7 Å². The van der Waals surface area contributed by atoms with Crippen LogP contribution in [0.5, 0.6) is 0 Å². The number of hydrogen-bond acceptors (Lipinski definition) is 2. The molecule has 3 aromatic rings. The van der Waals surface area contributed by atoms with Crippen molar-refractivity contribution in [3.63, 3.8) is 0 Å². The van der Waals surface area contributed by atoms with E-state index < -0.39 is 0 Å². The number of nitrogens with zero attached hydrogens (tertiary/aromatic N) is 2. The van der Waals surface area contributed by atoms with Crippen LogP contribution in [0.15, 0.2) is 54.7 Å². The minimum Gasteiger partial charge on any atom is -0.382 e. The van der Waals surface area contributed by atoms with Crippen LogP contribution >= 0.6 is 11.6 Å². The molecule has 0 unspecified atom stereocenters. The van der Waals surface area contributed by atoms with E-state index in [1.165, 1.54) is 29.5 Å². The van der Waals surface area contributed by atoms with Gasteiger partial charge >= 0.3 is 0 Å². The van der Waals surface area contributed by atoms with E-state index in [1.54, 1.807) is 0 Å². The first-order chi connectivity index (χ1) is 12.6. The smallest absolute Gasteiger partial charge is 0.129 e. The van der Waals surface area contributed by atoms with Crippen molar-refractivity contribution in [2.24, 2.45) is 0 Å². The topological polar surface area (TPSA) is 29.9 Å². The maximum atomic E-state index is 6.03. The second-order valence-electron chi connectivity index (χ2n) is 6.73. The number of hydrogen-bond donors (Lipinski definition) is 1. The lowest BCUT2D eigenvalue weighted by molar-refractivity contribution is 0.581. The van der Waals surface area contributed by atoms with Crippen LogP contribution < -0.4 is 5.32 Å². The zero-order valence-electron chi connectivity index (χ0n) is 15.6. The quantitative estimate of drug-likeness (QED) is 0.482. The van der Waals surface area contributed by atoms with Crippen molar-refractivity contribution in [2.75, 3.05) is 0 Å². The molecule has 0 spiro atoms. The number of fused-ring (bicyclic) bond motifs is 1. The maximum absolute atomic E-state index is 6.03. The Labute approximate surface area is 160 Å². The van der Waals surface area contributed by atoms with E-state index in [9.17, 15) is 0 Å². The summed E-state index contributed by atoms with van der Waals surface area (Å²) >= 11 is 6.03. The number of allylic oxidation sites excluding steroid dienone is 1. The molecule has 1 aromatic heterocycles. The zero-order valence-corrected chi connectivity index (χ0v) is 16.3. The molecule has 0 amide bonds. The minimum absolute atomic E-state index is 0.701. The molecule has 2 aromatic carbocycles. The zero-order chi connectivity index (χ0) is 18.5. The lowest BCUT2D eigenvalue weighted by Gasteiger charge is -2.11. The fourth-order valence-corrected chi connectivity index (χ4v) is 3.25. The van der Waals surface area contributed by atoms with E-state index in [4.69, 9.17) is 16.6 Å². The number of imidazole rings is 1. The molecule has 0 atom stereocenters. The molecule has 26 heavy (non-hydrogen) atoms. The van der Waals surface area contributed by atoms with Gasteiger partial charge in [-0.2, -0.15) is 0 Å². The Balaban J connectivity index is 2.00. The third-order valence-corrected chi connectivity index (χ3v) is 4.79. The van der Waals surface area contributed by atoms with E-state index in [-0.39, 0.29) is 0 Å². The van der Waals surface area contributed by atoms with Gasteiger partial charge in [0.15, 0.2) is 0 Å². The van der Waals surface area contributed by atoms with Crippen LogP contribution in [-0.2, 0) is 13.1 Å². The summed E-state index contributed by atoms with van der Waals surface area (Å²) in [4.78, 5) is 4.85. The molecule has 0 saturated heterocycles. The predicted molar refractivity (Wildman–Crippen MR) is 111 cm³/mol. The molecule has 4 heteroatoms. The summed E-state index contributed by atoms with van der Waals surface area (Å²) in [6.07, 6.45) is 3.60. The van der Waals surface area contributed by atoms with Crippen LogP contribution in [-0.4, -0.2) is 9.55 Å². The van der Waals surface area contributed by atoms with E-state index >= 15 is 0 Å². The number of nitrogens with one attached hydrogen (secondary N) is 1. The van der Waals surface area contributed by atoms with Crippen molar-refractivity contribution in [3.8, 4) is 11.1 Å². The highest BCUT2D eigenvalue weighted by Crippen LogP contribution is 2.27. The van der Waals surface area contributed by atoms with Gasteiger partial charge in [0.2, 0.25) is 0 Å². The predicted octanol–water partition coefficient (Wildman–Crippen LogP) is 6.17. The van der Waals surface area contributed by atoms with Crippen LogP contribution in [0.4, 0.5) is 0 Å². The molecule has 136 valence electrons. The molecule has 0 radical (unpaired) electrons. The van der Waals surface area contributed by atoms with Crippen LogP contribution in [0.25, 0.3) is 22.2 Å². The summed E-state index contributed by atoms with van der Waals surface area (Å²) in [6.45, 7) is 9.82. The highest BCUT2D eigenvalue weighted by atomic mass is 35.5. The standard InChI is InChI=1S/C22H26ClN3/c1-4-5-6-13-26-21-14-18(17-7-10-19(23)11-8-17)9-12-20(21)25-22(26)15-24-16(2)3/h7-12,14,24H,2,4-6,13,15H2,1,3H3. The van der Waals surface area contributed by atoms with Crippen molar-refractivity contribution < 1.29 is 0 Å². The molecule has 0 aliphatic rings. The van der Waals surface area contributed by atoms with E-state index in [1.807, 2.05) is 19.1 Å².